The molecule has 0 heterocycles. The van der Waals surface area contributed by atoms with Crippen molar-refractivity contribution < 1.29 is 9.90 Å². The van der Waals surface area contributed by atoms with Gasteiger partial charge in [0.25, 0.3) is 5.97 Å². The van der Waals surface area contributed by atoms with Crippen LogP contribution in [-0.4, -0.2) is 11.1 Å². The highest BCUT2D eigenvalue weighted by molar-refractivity contribution is 7.79. The third kappa shape index (κ3) is 6.16. The molecule has 0 unspecified atom stereocenters. The molecule has 0 aromatic heterocycles. The molecule has 1 N–H and O–H groups in total. The molecule has 0 aliphatic carbocycles. The molecular formula is C20H20ClO2P. The number of hydrogen-bond donors (Lipinski definition) is 1. The number of carboxylic acid groups (broad SMARTS) is 1. The summed E-state index contributed by atoms with van der Waals surface area (Å²) in [5, 5.41) is 11.6. The van der Waals surface area contributed by atoms with Crippen molar-refractivity contribution in [3.8, 4) is 0 Å². The van der Waals surface area contributed by atoms with Crippen LogP contribution in [0.4, 0.5) is 0 Å². The Kier molecular flexibility index (Phi) is 8.78. The molecule has 0 radical (unpaired) electrons. The van der Waals surface area contributed by atoms with Gasteiger partial charge in [-0.05, 0) is 23.8 Å². The van der Waals surface area contributed by atoms with Crippen molar-refractivity contribution in [2.45, 2.75) is 6.92 Å². The van der Waals surface area contributed by atoms with Crippen molar-refractivity contribution in [3.63, 3.8) is 0 Å². The van der Waals surface area contributed by atoms with Gasteiger partial charge in [-0.3, -0.25) is 4.79 Å². The molecule has 3 aromatic rings. The fraction of sp³-hybridized carbons (Fsp3) is 0.0500. The Morgan fingerprint density at radius 2 is 0.875 bits per heavy atom. The van der Waals surface area contributed by atoms with Crippen molar-refractivity contribution in [2.75, 3.05) is 0 Å². The summed E-state index contributed by atoms with van der Waals surface area (Å²) < 4.78 is 0. The number of hydrogen-bond acceptors (Lipinski definition) is 1. The van der Waals surface area contributed by atoms with E-state index in [1.54, 1.807) is 0 Å². The molecular weight excluding hydrogens is 339 g/mol. The summed E-state index contributed by atoms with van der Waals surface area (Å²) in [5.74, 6) is -0.833. The smallest absolute Gasteiger partial charge is 0.300 e. The lowest BCUT2D eigenvalue weighted by Gasteiger charge is -2.18. The Bertz CT molecular complexity index is 620. The van der Waals surface area contributed by atoms with E-state index in [0.29, 0.717) is 0 Å². The van der Waals surface area contributed by atoms with Crippen LogP contribution >= 0.6 is 20.3 Å². The van der Waals surface area contributed by atoms with Gasteiger partial charge in [-0.2, -0.15) is 0 Å². The van der Waals surface area contributed by atoms with Crippen LogP contribution < -0.4 is 15.9 Å². The Morgan fingerprint density at radius 3 is 1.08 bits per heavy atom. The van der Waals surface area contributed by atoms with E-state index in [4.69, 9.17) is 9.90 Å². The minimum atomic E-state index is -0.833. The van der Waals surface area contributed by atoms with Gasteiger partial charge >= 0.3 is 0 Å². The molecule has 124 valence electrons. The summed E-state index contributed by atoms with van der Waals surface area (Å²) in [4.78, 5) is 9.00. The fourth-order valence-electron chi connectivity index (χ4n) is 2.18. The number of benzene rings is 3. The summed E-state index contributed by atoms with van der Waals surface area (Å²) in [6.07, 6.45) is 0. The molecule has 0 aliphatic heterocycles. The first-order chi connectivity index (χ1) is 11.2. The van der Waals surface area contributed by atoms with Crippen LogP contribution in [0.2, 0.25) is 0 Å². The van der Waals surface area contributed by atoms with Crippen LogP contribution in [0, 0.1) is 0 Å². The van der Waals surface area contributed by atoms with Crippen molar-refractivity contribution in [1.82, 2.24) is 0 Å². The lowest BCUT2D eigenvalue weighted by atomic mass is 10.4. The van der Waals surface area contributed by atoms with Gasteiger partial charge in [0, 0.05) is 6.92 Å². The second-order valence-electron chi connectivity index (χ2n) is 4.86. The number of rotatable bonds is 3. The van der Waals surface area contributed by atoms with Gasteiger partial charge in [0.1, 0.15) is 0 Å². The summed E-state index contributed by atoms with van der Waals surface area (Å²) in [5.41, 5.74) is 0. The highest BCUT2D eigenvalue weighted by Crippen LogP contribution is 2.32. The first-order valence-electron chi connectivity index (χ1n) is 7.33. The average molecular weight is 359 g/mol. The van der Waals surface area contributed by atoms with Crippen molar-refractivity contribution in [3.05, 3.63) is 91.0 Å². The predicted molar refractivity (Wildman–Crippen MR) is 106 cm³/mol. The van der Waals surface area contributed by atoms with Crippen LogP contribution in [0.1, 0.15) is 6.92 Å². The Hall–Kier alpha value is -2.15. The molecule has 0 fully saturated rings. The van der Waals surface area contributed by atoms with Gasteiger partial charge in [0.15, 0.2) is 0 Å². The van der Waals surface area contributed by atoms with Gasteiger partial charge in [0.05, 0.1) is 0 Å². The number of aliphatic carboxylic acids is 1. The van der Waals surface area contributed by atoms with E-state index in [1.807, 2.05) is 0 Å². The van der Waals surface area contributed by atoms with Crippen molar-refractivity contribution in [2.24, 2.45) is 0 Å². The number of halogens is 1. The van der Waals surface area contributed by atoms with Gasteiger partial charge < -0.3 is 5.11 Å². The first-order valence-corrected chi connectivity index (χ1v) is 8.67. The normalized spacial score (nSPS) is 9.42. The Morgan fingerprint density at radius 1 is 0.667 bits per heavy atom. The molecule has 0 amide bonds. The van der Waals surface area contributed by atoms with Crippen molar-refractivity contribution in [1.29, 1.82) is 0 Å². The fourth-order valence-corrected chi connectivity index (χ4v) is 4.48. The summed E-state index contributed by atoms with van der Waals surface area (Å²) >= 11 is 0. The molecule has 0 aliphatic rings. The standard InChI is InChI=1S/C18H15P.C2H4O2.ClH/c1-4-10-16(11-5-1)19(17-12-6-2-7-13-17)18-14-8-3-9-15-18;1-2(3)4;/h1-15H;1H3,(H,3,4);1H. The molecule has 24 heavy (non-hydrogen) atoms. The molecule has 4 heteroatoms. The zero-order chi connectivity index (χ0) is 16.5. The lowest BCUT2D eigenvalue weighted by molar-refractivity contribution is -0.134. The summed E-state index contributed by atoms with van der Waals surface area (Å²) in [6.45, 7) is 1.08. The van der Waals surface area contributed by atoms with Gasteiger partial charge in [-0.25, -0.2) is 0 Å². The average Bonchev–Trinajstić information content (AvgIpc) is 2.58. The molecule has 0 saturated carbocycles. The molecule has 0 atom stereocenters. The molecule has 3 rings (SSSR count). The monoisotopic (exact) mass is 358 g/mol. The molecule has 0 spiro atoms. The van der Waals surface area contributed by atoms with E-state index < -0.39 is 13.9 Å². The third-order valence-corrected chi connectivity index (χ3v) is 5.49. The highest BCUT2D eigenvalue weighted by atomic mass is 35.5. The third-order valence-electron chi connectivity index (χ3n) is 3.04. The zero-order valence-electron chi connectivity index (χ0n) is 13.4. The molecule has 2 nitrogen and oxygen atoms in total. The topological polar surface area (TPSA) is 37.3 Å². The van der Waals surface area contributed by atoms with Gasteiger partial charge in [-0.15, -0.1) is 12.4 Å². The SMILES string of the molecule is CC(=O)O.Cl.c1ccc(P(c2ccccc2)c2ccccc2)cc1. The van der Waals surface area contributed by atoms with E-state index in [9.17, 15) is 0 Å². The molecule has 3 aromatic carbocycles. The quantitative estimate of drug-likeness (QED) is 0.720. The van der Waals surface area contributed by atoms with Gasteiger partial charge in [0.2, 0.25) is 0 Å². The van der Waals surface area contributed by atoms with Crippen LogP contribution in [0.3, 0.4) is 0 Å². The molecule has 0 bridgehead atoms. The van der Waals surface area contributed by atoms with Gasteiger partial charge in [-0.1, -0.05) is 91.0 Å². The second kappa shape index (κ2) is 10.6. The summed E-state index contributed by atoms with van der Waals surface area (Å²) in [6, 6.07) is 32.3. The second-order valence-corrected chi connectivity index (χ2v) is 7.08. The van der Waals surface area contributed by atoms with E-state index in [1.165, 1.54) is 15.9 Å². The van der Waals surface area contributed by atoms with E-state index in [0.717, 1.165) is 6.92 Å². The number of carbonyl (C=O) groups is 1. The summed E-state index contributed by atoms with van der Waals surface area (Å²) in [7, 11) is -0.446. The minimum absolute atomic E-state index is 0. The van der Waals surface area contributed by atoms with E-state index >= 15 is 0 Å². The largest absolute Gasteiger partial charge is 0.481 e. The lowest BCUT2D eigenvalue weighted by Crippen LogP contribution is -2.20. The van der Waals surface area contributed by atoms with Crippen molar-refractivity contribution >= 4 is 42.2 Å². The van der Waals surface area contributed by atoms with Crippen LogP contribution in [0.5, 0.6) is 0 Å². The van der Waals surface area contributed by atoms with E-state index in [-0.39, 0.29) is 12.4 Å². The maximum atomic E-state index is 9.00. The van der Waals surface area contributed by atoms with Crippen LogP contribution in [0.15, 0.2) is 91.0 Å². The highest BCUT2D eigenvalue weighted by Gasteiger charge is 2.14. The first kappa shape index (κ1) is 19.9. The number of carboxylic acids is 1. The molecule has 0 saturated heterocycles. The Balaban J connectivity index is 0.000000522. The van der Waals surface area contributed by atoms with E-state index in [2.05, 4.69) is 91.0 Å². The maximum Gasteiger partial charge on any atom is 0.300 e. The maximum absolute atomic E-state index is 9.00. The minimum Gasteiger partial charge on any atom is -0.481 e. The van der Waals surface area contributed by atoms with Crippen LogP contribution in [0.25, 0.3) is 0 Å². The Labute approximate surface area is 150 Å². The predicted octanol–water partition coefficient (Wildman–Crippen LogP) is 3.96. The van der Waals surface area contributed by atoms with Crippen LogP contribution in [-0.2, 0) is 4.79 Å². The zero-order valence-corrected chi connectivity index (χ0v) is 15.1.